The van der Waals surface area contributed by atoms with Crippen molar-refractivity contribution in [3.8, 4) is 0 Å². The largest absolute Gasteiger partial charge is 0.393 e. The van der Waals surface area contributed by atoms with Crippen molar-refractivity contribution >= 4 is 17.2 Å². The smallest absolute Gasteiger partial charge is 0.0727 e. The van der Waals surface area contributed by atoms with E-state index in [9.17, 15) is 0 Å². The molecule has 0 amide bonds. The maximum absolute atomic E-state index is 5.52. The summed E-state index contributed by atoms with van der Waals surface area (Å²) >= 11 is 4.90. The third-order valence-corrected chi connectivity index (χ3v) is 4.35. The van der Waals surface area contributed by atoms with Crippen LogP contribution >= 0.6 is 12.2 Å². The van der Waals surface area contributed by atoms with Crippen molar-refractivity contribution < 1.29 is 0 Å². The Morgan fingerprint density at radius 1 is 1.12 bits per heavy atom. The Morgan fingerprint density at radius 2 is 1.76 bits per heavy atom. The highest BCUT2D eigenvalue weighted by Crippen LogP contribution is 2.24. The molecule has 2 N–H and O–H groups in total. The lowest BCUT2D eigenvalue weighted by Crippen LogP contribution is -2.49. The summed E-state index contributed by atoms with van der Waals surface area (Å²) in [6, 6.07) is 0.897. The fourth-order valence-corrected chi connectivity index (χ4v) is 3.24. The van der Waals surface area contributed by atoms with Crippen LogP contribution < -0.4 is 5.73 Å². The van der Waals surface area contributed by atoms with Crippen molar-refractivity contribution in [2.75, 3.05) is 32.7 Å². The van der Waals surface area contributed by atoms with Gasteiger partial charge in [0.05, 0.1) is 4.99 Å². The number of thiocarbonyl (C=S) groups is 1. The van der Waals surface area contributed by atoms with E-state index in [0.717, 1.165) is 25.4 Å². The van der Waals surface area contributed by atoms with Gasteiger partial charge >= 0.3 is 0 Å². The van der Waals surface area contributed by atoms with Gasteiger partial charge in [0.1, 0.15) is 0 Å². The van der Waals surface area contributed by atoms with Gasteiger partial charge in [-0.05, 0) is 32.2 Å². The van der Waals surface area contributed by atoms with Crippen molar-refractivity contribution in [2.24, 2.45) is 5.73 Å². The van der Waals surface area contributed by atoms with Crippen molar-refractivity contribution in [1.82, 2.24) is 9.80 Å². The zero-order chi connectivity index (χ0) is 12.1. The van der Waals surface area contributed by atoms with Crippen LogP contribution in [0.1, 0.15) is 38.5 Å². The highest BCUT2D eigenvalue weighted by atomic mass is 32.1. The average molecular weight is 255 g/mol. The van der Waals surface area contributed by atoms with Gasteiger partial charge in [0.15, 0.2) is 0 Å². The van der Waals surface area contributed by atoms with Gasteiger partial charge in [-0.2, -0.15) is 0 Å². The van der Waals surface area contributed by atoms with Crippen molar-refractivity contribution in [1.29, 1.82) is 0 Å². The molecule has 1 saturated heterocycles. The molecule has 0 bridgehead atoms. The first-order chi connectivity index (χ1) is 8.25. The molecule has 0 aromatic carbocycles. The van der Waals surface area contributed by atoms with E-state index in [1.807, 2.05) is 0 Å². The number of hydrogen-bond donors (Lipinski definition) is 1. The van der Waals surface area contributed by atoms with E-state index in [0.29, 0.717) is 4.99 Å². The first-order valence-corrected chi connectivity index (χ1v) is 7.41. The molecule has 17 heavy (non-hydrogen) atoms. The van der Waals surface area contributed by atoms with Crippen LogP contribution in [-0.2, 0) is 0 Å². The second kappa shape index (κ2) is 6.66. The Morgan fingerprint density at radius 3 is 2.35 bits per heavy atom. The summed E-state index contributed by atoms with van der Waals surface area (Å²) in [6.45, 7) is 6.15. The monoisotopic (exact) mass is 255 g/mol. The third kappa shape index (κ3) is 4.19. The van der Waals surface area contributed by atoms with Crippen LogP contribution in [0.15, 0.2) is 0 Å². The summed E-state index contributed by atoms with van der Waals surface area (Å²) in [6.07, 6.45) is 7.78. The minimum absolute atomic E-state index is 0.662. The molecule has 0 spiro atoms. The van der Waals surface area contributed by atoms with Crippen LogP contribution in [0.5, 0.6) is 0 Å². The summed E-state index contributed by atoms with van der Waals surface area (Å²) < 4.78 is 0. The molecule has 1 aliphatic carbocycles. The minimum atomic E-state index is 0.662. The van der Waals surface area contributed by atoms with Gasteiger partial charge in [0.25, 0.3) is 0 Å². The van der Waals surface area contributed by atoms with E-state index in [2.05, 4.69) is 9.80 Å². The summed E-state index contributed by atoms with van der Waals surface area (Å²) in [5.74, 6) is 0. The molecular weight excluding hydrogens is 230 g/mol. The standard InChI is InChI=1S/C13H25N3S/c14-13(17)6-3-7-15-8-10-16(11-9-15)12-4-1-2-5-12/h12H,1-11H2,(H2,14,17). The quantitative estimate of drug-likeness (QED) is 0.757. The zero-order valence-corrected chi connectivity index (χ0v) is 11.6. The average Bonchev–Trinajstić information content (AvgIpc) is 2.83. The van der Waals surface area contributed by atoms with Crippen LogP contribution in [0.4, 0.5) is 0 Å². The molecule has 0 radical (unpaired) electrons. The molecule has 98 valence electrons. The Hall–Kier alpha value is -0.190. The highest BCUT2D eigenvalue weighted by molar-refractivity contribution is 7.80. The molecule has 0 aromatic rings. The van der Waals surface area contributed by atoms with E-state index in [-0.39, 0.29) is 0 Å². The predicted molar refractivity (Wildman–Crippen MR) is 76.3 cm³/mol. The summed E-state index contributed by atoms with van der Waals surface area (Å²) in [7, 11) is 0. The van der Waals surface area contributed by atoms with Crippen LogP contribution in [0.3, 0.4) is 0 Å². The minimum Gasteiger partial charge on any atom is -0.393 e. The number of nitrogens with two attached hydrogens (primary N) is 1. The van der Waals surface area contributed by atoms with Gasteiger partial charge in [0.2, 0.25) is 0 Å². The van der Waals surface area contributed by atoms with E-state index < -0.39 is 0 Å². The highest BCUT2D eigenvalue weighted by Gasteiger charge is 2.25. The van der Waals surface area contributed by atoms with Crippen molar-refractivity contribution in [3.05, 3.63) is 0 Å². The maximum atomic E-state index is 5.52. The lowest BCUT2D eigenvalue weighted by Gasteiger charge is -2.38. The first-order valence-electron chi connectivity index (χ1n) is 7.00. The van der Waals surface area contributed by atoms with Crippen LogP contribution in [0.2, 0.25) is 0 Å². The van der Waals surface area contributed by atoms with Gasteiger partial charge in [-0.3, -0.25) is 4.90 Å². The van der Waals surface area contributed by atoms with Crippen LogP contribution in [0, 0.1) is 0 Å². The van der Waals surface area contributed by atoms with E-state index >= 15 is 0 Å². The molecule has 1 aliphatic heterocycles. The Bertz CT molecular complexity index is 243. The second-order valence-electron chi connectivity index (χ2n) is 5.39. The molecular formula is C13H25N3S. The topological polar surface area (TPSA) is 32.5 Å². The Labute approximate surface area is 110 Å². The molecule has 2 rings (SSSR count). The van der Waals surface area contributed by atoms with Gasteiger partial charge in [0, 0.05) is 32.2 Å². The van der Waals surface area contributed by atoms with E-state index in [4.69, 9.17) is 18.0 Å². The molecule has 0 aromatic heterocycles. The van der Waals surface area contributed by atoms with E-state index in [1.165, 1.54) is 51.9 Å². The van der Waals surface area contributed by atoms with Crippen molar-refractivity contribution in [2.45, 2.75) is 44.6 Å². The van der Waals surface area contributed by atoms with Gasteiger partial charge in [-0.15, -0.1) is 0 Å². The summed E-state index contributed by atoms with van der Waals surface area (Å²) in [5, 5.41) is 0. The van der Waals surface area contributed by atoms with Crippen LogP contribution in [-0.4, -0.2) is 53.6 Å². The van der Waals surface area contributed by atoms with E-state index in [1.54, 1.807) is 0 Å². The SMILES string of the molecule is NC(=S)CCCN1CCN(C2CCCC2)CC1. The molecule has 2 fully saturated rings. The first kappa shape index (κ1) is 13.2. The number of piperazine rings is 1. The zero-order valence-electron chi connectivity index (χ0n) is 10.7. The van der Waals surface area contributed by atoms with Crippen molar-refractivity contribution in [3.63, 3.8) is 0 Å². The number of rotatable bonds is 5. The molecule has 3 nitrogen and oxygen atoms in total. The lowest BCUT2D eigenvalue weighted by atomic mass is 10.1. The molecule has 2 aliphatic rings. The van der Waals surface area contributed by atoms with Gasteiger partial charge < -0.3 is 10.6 Å². The molecule has 1 heterocycles. The summed E-state index contributed by atoms with van der Waals surface area (Å²) in [4.78, 5) is 5.93. The fraction of sp³-hybridized carbons (Fsp3) is 0.923. The lowest BCUT2D eigenvalue weighted by molar-refractivity contribution is 0.0976. The molecule has 1 saturated carbocycles. The second-order valence-corrected chi connectivity index (χ2v) is 5.91. The maximum Gasteiger partial charge on any atom is 0.0727 e. The van der Waals surface area contributed by atoms with Gasteiger partial charge in [-0.1, -0.05) is 25.1 Å². The number of nitrogens with zero attached hydrogens (tertiary/aromatic N) is 2. The van der Waals surface area contributed by atoms with Crippen LogP contribution in [0.25, 0.3) is 0 Å². The van der Waals surface area contributed by atoms with Gasteiger partial charge in [-0.25, -0.2) is 0 Å². The normalized spacial score (nSPS) is 24.2. The molecule has 0 atom stereocenters. The molecule has 4 heteroatoms. The fourth-order valence-electron chi connectivity index (χ4n) is 3.10. The third-order valence-electron chi connectivity index (χ3n) is 4.15. The Balaban J connectivity index is 1.62. The molecule has 0 unspecified atom stereocenters. The Kier molecular flexibility index (Phi) is 5.19. The number of hydrogen-bond acceptors (Lipinski definition) is 3. The summed E-state index contributed by atoms with van der Waals surface area (Å²) in [5.41, 5.74) is 5.52. The predicted octanol–water partition coefficient (Wildman–Crippen LogP) is 1.61.